The van der Waals surface area contributed by atoms with E-state index in [2.05, 4.69) is 38.2 Å². The number of imide groups is 1. The number of benzene rings is 1. The Balaban J connectivity index is 1.90. The van der Waals surface area contributed by atoms with Gasteiger partial charge in [-0.3, -0.25) is 14.5 Å². The minimum atomic E-state index is -0.902. The molecule has 0 atom stereocenters. The third-order valence-electron chi connectivity index (χ3n) is 4.66. The Bertz CT molecular complexity index is 702. The van der Waals surface area contributed by atoms with E-state index in [1.165, 1.54) is 5.56 Å². The van der Waals surface area contributed by atoms with E-state index in [0.717, 1.165) is 10.5 Å². The van der Waals surface area contributed by atoms with Crippen molar-refractivity contribution >= 4 is 17.8 Å². The van der Waals surface area contributed by atoms with Crippen LogP contribution in [0, 0.1) is 0 Å². The quantitative estimate of drug-likeness (QED) is 0.822. The highest BCUT2D eigenvalue weighted by Crippen LogP contribution is 2.22. The number of carbonyl (C=O) groups excluding carboxylic acids is 3. The number of carbonyl (C=O) groups is 3. The highest BCUT2D eigenvalue weighted by atomic mass is 16.2. The van der Waals surface area contributed by atoms with Gasteiger partial charge in [0.15, 0.2) is 0 Å². The lowest BCUT2D eigenvalue weighted by Gasteiger charge is -2.21. The predicted molar refractivity (Wildman–Crippen MR) is 101 cm³/mol. The normalized spacial score (nSPS) is 16.6. The number of rotatable bonds is 5. The molecule has 1 fully saturated rings. The van der Waals surface area contributed by atoms with Gasteiger partial charge in [-0.1, -0.05) is 45.0 Å². The molecule has 1 aliphatic heterocycles. The average molecular weight is 359 g/mol. The van der Waals surface area contributed by atoms with Crippen LogP contribution in [0.5, 0.6) is 0 Å². The first-order valence-electron chi connectivity index (χ1n) is 8.89. The van der Waals surface area contributed by atoms with Crippen molar-refractivity contribution in [2.24, 2.45) is 0 Å². The van der Waals surface area contributed by atoms with E-state index in [4.69, 9.17) is 0 Å². The van der Waals surface area contributed by atoms with Crippen LogP contribution in [0.4, 0.5) is 4.79 Å². The first-order valence-corrected chi connectivity index (χ1v) is 8.89. The second-order valence-corrected chi connectivity index (χ2v) is 8.46. The maximum Gasteiger partial charge on any atom is 0.325 e. The zero-order valence-electron chi connectivity index (χ0n) is 16.5. The van der Waals surface area contributed by atoms with Gasteiger partial charge in [0.05, 0.1) is 0 Å². The maximum atomic E-state index is 12.4. The molecular formula is C20H29N3O3. The molecule has 26 heavy (non-hydrogen) atoms. The minimum Gasteiger partial charge on any atom is -0.341 e. The van der Waals surface area contributed by atoms with Gasteiger partial charge in [0.2, 0.25) is 5.91 Å². The van der Waals surface area contributed by atoms with Crippen LogP contribution in [0.2, 0.25) is 0 Å². The number of urea groups is 1. The molecule has 1 saturated heterocycles. The van der Waals surface area contributed by atoms with Gasteiger partial charge >= 0.3 is 6.03 Å². The Morgan fingerprint density at radius 2 is 1.73 bits per heavy atom. The Labute approximate surface area is 155 Å². The molecule has 1 N–H and O–H groups in total. The molecule has 1 aliphatic rings. The van der Waals surface area contributed by atoms with Gasteiger partial charge in [-0.25, -0.2) is 4.79 Å². The molecule has 2 rings (SSSR count). The van der Waals surface area contributed by atoms with Crippen LogP contribution < -0.4 is 5.32 Å². The summed E-state index contributed by atoms with van der Waals surface area (Å²) in [7, 11) is 1.73. The molecule has 1 heterocycles. The van der Waals surface area contributed by atoms with Crippen LogP contribution in [0.3, 0.4) is 0 Å². The van der Waals surface area contributed by atoms with Crippen LogP contribution in [0.15, 0.2) is 24.3 Å². The highest BCUT2D eigenvalue weighted by Gasteiger charge is 2.44. The third-order valence-corrected chi connectivity index (χ3v) is 4.66. The van der Waals surface area contributed by atoms with Crippen LogP contribution in [-0.2, 0) is 21.5 Å². The average Bonchev–Trinajstić information content (AvgIpc) is 2.72. The van der Waals surface area contributed by atoms with E-state index in [0.29, 0.717) is 6.54 Å². The molecule has 6 heteroatoms. The highest BCUT2D eigenvalue weighted by molar-refractivity contribution is 6.06. The van der Waals surface area contributed by atoms with Crippen LogP contribution >= 0.6 is 0 Å². The van der Waals surface area contributed by atoms with Crippen molar-refractivity contribution in [3.63, 3.8) is 0 Å². The number of nitrogens with one attached hydrogen (secondary N) is 1. The monoisotopic (exact) mass is 359 g/mol. The van der Waals surface area contributed by atoms with Crippen molar-refractivity contribution < 1.29 is 14.4 Å². The number of amides is 4. The molecule has 0 spiro atoms. The second kappa shape index (κ2) is 7.09. The third kappa shape index (κ3) is 4.42. The summed E-state index contributed by atoms with van der Waals surface area (Å²) in [5.74, 6) is -0.397. The van der Waals surface area contributed by atoms with Gasteiger partial charge in [0.1, 0.15) is 5.54 Å². The topological polar surface area (TPSA) is 69.7 Å². The molecule has 0 unspecified atom stereocenters. The molecule has 0 radical (unpaired) electrons. The van der Waals surface area contributed by atoms with Crippen molar-refractivity contribution in [1.82, 2.24) is 15.1 Å². The Morgan fingerprint density at radius 3 is 2.19 bits per heavy atom. The number of nitrogens with zero attached hydrogens (tertiary/aromatic N) is 2. The van der Waals surface area contributed by atoms with E-state index in [1.807, 2.05) is 12.1 Å². The SMILES string of the molecule is CN(Cc1ccc(C(C)(C)C)cc1)C(=O)CCN1C(=O)NC(C)(C)C1=O. The first kappa shape index (κ1) is 19.9. The Hall–Kier alpha value is -2.37. The van der Waals surface area contributed by atoms with E-state index < -0.39 is 11.6 Å². The summed E-state index contributed by atoms with van der Waals surface area (Å²) in [5, 5.41) is 2.62. The molecule has 142 valence electrons. The van der Waals surface area contributed by atoms with Crippen LogP contribution in [0.25, 0.3) is 0 Å². The van der Waals surface area contributed by atoms with Crippen molar-refractivity contribution in [2.75, 3.05) is 13.6 Å². The van der Waals surface area contributed by atoms with Crippen molar-refractivity contribution in [2.45, 2.75) is 58.5 Å². The first-order chi connectivity index (χ1) is 11.9. The van der Waals surface area contributed by atoms with Gasteiger partial charge in [-0.05, 0) is 30.4 Å². The zero-order valence-corrected chi connectivity index (χ0v) is 16.5. The van der Waals surface area contributed by atoms with Crippen molar-refractivity contribution in [3.8, 4) is 0 Å². The summed E-state index contributed by atoms with van der Waals surface area (Å²) >= 11 is 0. The fourth-order valence-electron chi connectivity index (χ4n) is 2.89. The van der Waals surface area contributed by atoms with Gasteiger partial charge < -0.3 is 10.2 Å². The maximum absolute atomic E-state index is 12.4. The summed E-state index contributed by atoms with van der Waals surface area (Å²) in [4.78, 5) is 39.1. The van der Waals surface area contributed by atoms with E-state index in [9.17, 15) is 14.4 Å². The van der Waals surface area contributed by atoms with Gasteiger partial charge in [-0.2, -0.15) is 0 Å². The summed E-state index contributed by atoms with van der Waals surface area (Å²) in [6, 6.07) is 7.80. The second-order valence-electron chi connectivity index (χ2n) is 8.46. The van der Waals surface area contributed by atoms with Crippen LogP contribution in [0.1, 0.15) is 52.2 Å². The molecule has 4 amide bonds. The van der Waals surface area contributed by atoms with Gasteiger partial charge in [-0.15, -0.1) is 0 Å². The van der Waals surface area contributed by atoms with Crippen molar-refractivity contribution in [3.05, 3.63) is 35.4 Å². The summed E-state index contributed by atoms with van der Waals surface area (Å²) in [5.41, 5.74) is 1.49. The molecule has 1 aromatic carbocycles. The summed E-state index contributed by atoms with van der Waals surface area (Å²) < 4.78 is 0. The molecule has 6 nitrogen and oxygen atoms in total. The molecule has 1 aromatic rings. The fraction of sp³-hybridized carbons (Fsp3) is 0.550. The molecule has 0 aliphatic carbocycles. The Kier molecular flexibility index (Phi) is 5.44. The predicted octanol–water partition coefficient (Wildman–Crippen LogP) is 2.66. The summed E-state index contributed by atoms with van der Waals surface area (Å²) in [6.45, 7) is 10.4. The van der Waals surface area contributed by atoms with E-state index in [-0.39, 0.29) is 30.2 Å². The van der Waals surface area contributed by atoms with E-state index in [1.54, 1.807) is 25.8 Å². The van der Waals surface area contributed by atoms with Crippen molar-refractivity contribution in [1.29, 1.82) is 0 Å². The summed E-state index contributed by atoms with van der Waals surface area (Å²) in [6.07, 6.45) is 0.117. The van der Waals surface area contributed by atoms with Gasteiger partial charge in [0.25, 0.3) is 5.91 Å². The number of hydrogen-bond donors (Lipinski definition) is 1. The number of hydrogen-bond acceptors (Lipinski definition) is 3. The minimum absolute atomic E-state index is 0.0941. The Morgan fingerprint density at radius 1 is 1.15 bits per heavy atom. The largest absolute Gasteiger partial charge is 0.341 e. The van der Waals surface area contributed by atoms with Crippen LogP contribution in [-0.4, -0.2) is 46.8 Å². The molecule has 0 saturated carbocycles. The van der Waals surface area contributed by atoms with E-state index >= 15 is 0 Å². The molecular weight excluding hydrogens is 330 g/mol. The lowest BCUT2D eigenvalue weighted by atomic mass is 9.87. The zero-order chi connectivity index (χ0) is 19.7. The standard InChI is InChI=1S/C20H29N3O3/c1-19(2,3)15-9-7-14(8-10-15)13-22(6)16(24)11-12-23-17(25)20(4,5)21-18(23)26/h7-10H,11-13H2,1-6H3,(H,21,26). The molecule has 0 aromatic heterocycles. The van der Waals surface area contributed by atoms with Gasteiger partial charge in [0, 0.05) is 26.6 Å². The fourth-order valence-corrected chi connectivity index (χ4v) is 2.89. The lowest BCUT2D eigenvalue weighted by molar-refractivity contribution is -0.132. The molecule has 0 bridgehead atoms. The lowest BCUT2D eigenvalue weighted by Crippen LogP contribution is -2.40. The smallest absolute Gasteiger partial charge is 0.325 e.